The second kappa shape index (κ2) is 6.26. The first kappa shape index (κ1) is 13.5. The van der Waals surface area contributed by atoms with E-state index >= 15 is 0 Å². The number of nitrogens with two attached hydrogens (primary N) is 1. The van der Waals surface area contributed by atoms with Crippen LogP contribution in [0.4, 0.5) is 0 Å². The predicted molar refractivity (Wildman–Crippen MR) is 72.0 cm³/mol. The lowest BCUT2D eigenvalue weighted by Gasteiger charge is -2.17. The Bertz CT molecular complexity index is 489. The Balaban J connectivity index is 2.26. The fourth-order valence-corrected chi connectivity index (χ4v) is 1.95. The van der Waals surface area contributed by atoms with Gasteiger partial charge in [0.1, 0.15) is 11.5 Å². The van der Waals surface area contributed by atoms with E-state index in [2.05, 4.69) is 5.43 Å². The van der Waals surface area contributed by atoms with Gasteiger partial charge in [0.15, 0.2) is 0 Å². The molecule has 2 rings (SSSR count). The molecule has 1 aromatic carbocycles. The van der Waals surface area contributed by atoms with Gasteiger partial charge in [-0.05, 0) is 35.7 Å². The van der Waals surface area contributed by atoms with Gasteiger partial charge in [-0.2, -0.15) is 0 Å². The minimum Gasteiger partial charge on any atom is -0.497 e. The number of methoxy groups -OCH3 is 2. The Labute approximate surface area is 112 Å². The maximum absolute atomic E-state index is 5.64. The maximum atomic E-state index is 5.64. The molecule has 1 atom stereocenters. The van der Waals surface area contributed by atoms with E-state index in [0.717, 1.165) is 29.0 Å². The van der Waals surface area contributed by atoms with Crippen molar-refractivity contribution in [3.8, 4) is 11.5 Å². The van der Waals surface area contributed by atoms with E-state index in [1.54, 1.807) is 26.7 Å². The fourth-order valence-electron chi connectivity index (χ4n) is 1.95. The molecule has 0 radical (unpaired) electrons. The number of rotatable bonds is 6. The van der Waals surface area contributed by atoms with Crippen molar-refractivity contribution in [1.29, 1.82) is 0 Å². The average molecular weight is 262 g/mol. The molecule has 102 valence electrons. The van der Waals surface area contributed by atoms with E-state index in [-0.39, 0.29) is 6.04 Å². The molecule has 0 saturated heterocycles. The summed E-state index contributed by atoms with van der Waals surface area (Å²) in [6.07, 6.45) is 4.08. The monoisotopic (exact) mass is 262 g/mol. The van der Waals surface area contributed by atoms with E-state index in [9.17, 15) is 0 Å². The second-order valence-corrected chi connectivity index (χ2v) is 4.20. The van der Waals surface area contributed by atoms with Gasteiger partial charge in [-0.25, -0.2) is 0 Å². The minimum atomic E-state index is -0.0402. The van der Waals surface area contributed by atoms with Crippen LogP contribution < -0.4 is 20.7 Å². The third kappa shape index (κ3) is 3.27. The summed E-state index contributed by atoms with van der Waals surface area (Å²) >= 11 is 0. The molecule has 0 saturated carbocycles. The second-order valence-electron chi connectivity index (χ2n) is 4.20. The van der Waals surface area contributed by atoms with Gasteiger partial charge < -0.3 is 13.9 Å². The van der Waals surface area contributed by atoms with Crippen LogP contribution in [0.15, 0.2) is 41.2 Å². The van der Waals surface area contributed by atoms with Gasteiger partial charge in [0, 0.05) is 6.07 Å². The van der Waals surface area contributed by atoms with Crippen LogP contribution in [0.1, 0.15) is 17.2 Å². The molecule has 0 bridgehead atoms. The number of nitrogens with one attached hydrogen (secondary N) is 1. The number of hydrazine groups is 1. The summed E-state index contributed by atoms with van der Waals surface area (Å²) in [4.78, 5) is 0. The molecule has 5 heteroatoms. The highest BCUT2D eigenvalue weighted by atomic mass is 16.5. The van der Waals surface area contributed by atoms with Gasteiger partial charge in [0.25, 0.3) is 0 Å². The Hall–Kier alpha value is -1.98. The number of ether oxygens (including phenoxy) is 2. The molecule has 5 nitrogen and oxygen atoms in total. The Morgan fingerprint density at radius 3 is 2.37 bits per heavy atom. The van der Waals surface area contributed by atoms with E-state index in [0.29, 0.717) is 0 Å². The van der Waals surface area contributed by atoms with E-state index in [1.807, 2.05) is 24.3 Å². The average Bonchev–Trinajstić information content (AvgIpc) is 2.97. The van der Waals surface area contributed by atoms with Crippen molar-refractivity contribution in [2.45, 2.75) is 12.5 Å². The van der Waals surface area contributed by atoms with Crippen molar-refractivity contribution in [3.63, 3.8) is 0 Å². The van der Waals surface area contributed by atoms with Gasteiger partial charge in [-0.3, -0.25) is 11.3 Å². The van der Waals surface area contributed by atoms with E-state index < -0.39 is 0 Å². The molecule has 0 fully saturated rings. The number of hydrogen-bond acceptors (Lipinski definition) is 5. The number of furan rings is 1. The Kier molecular flexibility index (Phi) is 4.43. The first-order chi connectivity index (χ1) is 9.26. The van der Waals surface area contributed by atoms with Crippen LogP contribution in [-0.4, -0.2) is 14.2 Å². The zero-order valence-electron chi connectivity index (χ0n) is 11.1. The van der Waals surface area contributed by atoms with Crippen LogP contribution in [0.25, 0.3) is 0 Å². The van der Waals surface area contributed by atoms with Gasteiger partial charge in [-0.1, -0.05) is 0 Å². The smallest absolute Gasteiger partial charge is 0.122 e. The summed E-state index contributed by atoms with van der Waals surface area (Å²) in [7, 11) is 3.25. The first-order valence-electron chi connectivity index (χ1n) is 5.97. The highest BCUT2D eigenvalue weighted by Crippen LogP contribution is 2.27. The molecule has 0 aliphatic heterocycles. The van der Waals surface area contributed by atoms with Crippen LogP contribution in [0.5, 0.6) is 11.5 Å². The molecule has 1 aromatic heterocycles. The highest BCUT2D eigenvalue weighted by molar-refractivity contribution is 5.40. The van der Waals surface area contributed by atoms with E-state index in [1.165, 1.54) is 0 Å². The van der Waals surface area contributed by atoms with Crippen molar-refractivity contribution < 1.29 is 13.9 Å². The van der Waals surface area contributed by atoms with E-state index in [4.69, 9.17) is 19.7 Å². The summed E-state index contributed by atoms with van der Waals surface area (Å²) in [5.74, 6) is 7.12. The fraction of sp³-hybridized carbons (Fsp3) is 0.286. The van der Waals surface area contributed by atoms with Gasteiger partial charge in [0.2, 0.25) is 0 Å². The molecular formula is C14H18N2O3. The lowest BCUT2D eigenvalue weighted by atomic mass is 10.0. The first-order valence-corrected chi connectivity index (χ1v) is 5.97. The molecule has 1 unspecified atom stereocenters. The predicted octanol–water partition coefficient (Wildman–Crippen LogP) is 2.04. The summed E-state index contributed by atoms with van der Waals surface area (Å²) in [5.41, 5.74) is 4.88. The third-order valence-electron chi connectivity index (χ3n) is 3.00. The van der Waals surface area contributed by atoms with Crippen molar-refractivity contribution in [2.24, 2.45) is 5.84 Å². The van der Waals surface area contributed by atoms with Gasteiger partial charge >= 0.3 is 0 Å². The van der Waals surface area contributed by atoms with Crippen LogP contribution in [-0.2, 0) is 6.42 Å². The van der Waals surface area contributed by atoms with Gasteiger partial charge in [-0.15, -0.1) is 0 Å². The van der Waals surface area contributed by atoms with Crippen LogP contribution in [0.3, 0.4) is 0 Å². The Morgan fingerprint density at radius 1 is 1.21 bits per heavy atom. The van der Waals surface area contributed by atoms with Crippen molar-refractivity contribution >= 4 is 0 Å². The molecule has 0 aliphatic carbocycles. The standard InChI is InChI=1S/C14H18N2O3/c1-17-12-6-11(7-13(8-12)18-2)14(16-15)5-10-3-4-19-9-10/h3-4,6-9,14,16H,5,15H2,1-2H3. The van der Waals surface area contributed by atoms with Crippen molar-refractivity contribution in [2.75, 3.05) is 14.2 Å². The lowest BCUT2D eigenvalue weighted by Crippen LogP contribution is -2.29. The van der Waals surface area contributed by atoms with Crippen LogP contribution >= 0.6 is 0 Å². The SMILES string of the molecule is COc1cc(OC)cc(C(Cc2ccoc2)NN)c1. The molecule has 1 heterocycles. The molecule has 19 heavy (non-hydrogen) atoms. The van der Waals surface area contributed by atoms with Crippen molar-refractivity contribution in [1.82, 2.24) is 5.43 Å². The summed E-state index contributed by atoms with van der Waals surface area (Å²) < 4.78 is 15.6. The maximum Gasteiger partial charge on any atom is 0.122 e. The van der Waals surface area contributed by atoms with Crippen LogP contribution in [0, 0.1) is 0 Å². The normalized spacial score (nSPS) is 12.2. The van der Waals surface area contributed by atoms with Gasteiger partial charge in [0.05, 0.1) is 32.8 Å². The quantitative estimate of drug-likeness (QED) is 0.616. The third-order valence-corrected chi connectivity index (χ3v) is 3.00. The number of benzene rings is 1. The molecule has 0 amide bonds. The molecule has 0 aliphatic rings. The largest absolute Gasteiger partial charge is 0.497 e. The molecular weight excluding hydrogens is 244 g/mol. The topological polar surface area (TPSA) is 69.7 Å². The summed E-state index contributed by atoms with van der Waals surface area (Å²) in [5, 5.41) is 0. The summed E-state index contributed by atoms with van der Waals surface area (Å²) in [6, 6.07) is 7.58. The van der Waals surface area contributed by atoms with Crippen LogP contribution in [0.2, 0.25) is 0 Å². The zero-order chi connectivity index (χ0) is 13.7. The highest BCUT2D eigenvalue weighted by Gasteiger charge is 2.14. The molecule has 2 aromatic rings. The summed E-state index contributed by atoms with van der Waals surface area (Å²) in [6.45, 7) is 0. The Morgan fingerprint density at radius 2 is 1.89 bits per heavy atom. The zero-order valence-corrected chi connectivity index (χ0v) is 11.1. The number of hydrogen-bond donors (Lipinski definition) is 2. The molecule has 0 spiro atoms. The lowest BCUT2D eigenvalue weighted by molar-refractivity contribution is 0.391. The van der Waals surface area contributed by atoms with Crippen molar-refractivity contribution in [3.05, 3.63) is 47.9 Å². The minimum absolute atomic E-state index is 0.0402. The molecule has 3 N–H and O–H groups in total.